The van der Waals surface area contributed by atoms with Crippen molar-refractivity contribution < 1.29 is 0 Å². The summed E-state index contributed by atoms with van der Waals surface area (Å²) in [6, 6.07) is 8.42. The summed E-state index contributed by atoms with van der Waals surface area (Å²) in [4.78, 5) is 6.00. The third kappa shape index (κ3) is 3.64. The van der Waals surface area contributed by atoms with Gasteiger partial charge < -0.3 is 5.32 Å². The number of hydrogen-bond donors (Lipinski definition) is 1. The molecule has 0 fully saturated rings. The Labute approximate surface area is 121 Å². The highest BCUT2D eigenvalue weighted by Crippen LogP contribution is 2.22. The molecule has 2 nitrogen and oxygen atoms in total. The molecule has 1 heterocycles. The minimum atomic E-state index is 0.914. The predicted molar refractivity (Wildman–Crippen MR) is 81.2 cm³/mol. The molecule has 0 saturated heterocycles. The molecule has 0 radical (unpaired) electrons. The van der Waals surface area contributed by atoms with Crippen LogP contribution in [0.15, 0.2) is 28.7 Å². The summed E-state index contributed by atoms with van der Waals surface area (Å²) in [6.07, 6.45) is 0.914. The van der Waals surface area contributed by atoms with E-state index in [4.69, 9.17) is 0 Å². The third-order valence-electron chi connectivity index (χ3n) is 2.72. The number of nitrogens with one attached hydrogen (secondary N) is 1. The van der Waals surface area contributed by atoms with Crippen molar-refractivity contribution in [1.29, 1.82) is 0 Å². The van der Waals surface area contributed by atoms with Gasteiger partial charge in [-0.1, -0.05) is 35.0 Å². The van der Waals surface area contributed by atoms with Crippen LogP contribution < -0.4 is 5.32 Å². The van der Waals surface area contributed by atoms with Gasteiger partial charge in [-0.05, 0) is 31.2 Å². The monoisotopic (exact) mass is 324 g/mol. The molecule has 1 aromatic heterocycles. The van der Waals surface area contributed by atoms with Crippen LogP contribution in [0.5, 0.6) is 0 Å². The normalized spacial score (nSPS) is 10.8. The lowest BCUT2D eigenvalue weighted by molar-refractivity contribution is 0.731. The molecule has 18 heavy (non-hydrogen) atoms. The van der Waals surface area contributed by atoms with Crippen LogP contribution in [0.25, 0.3) is 0 Å². The van der Waals surface area contributed by atoms with Crippen LogP contribution in [0.4, 0.5) is 0 Å². The lowest BCUT2D eigenvalue weighted by Gasteiger charge is -1.98. The van der Waals surface area contributed by atoms with Crippen molar-refractivity contribution in [3.05, 3.63) is 49.9 Å². The average molecular weight is 325 g/mol. The molecule has 0 saturated carbocycles. The highest BCUT2D eigenvalue weighted by molar-refractivity contribution is 9.10. The topological polar surface area (TPSA) is 24.9 Å². The smallest absolute Gasteiger partial charge is 0.0975 e. The summed E-state index contributed by atoms with van der Waals surface area (Å²) in [5.74, 6) is 0. The van der Waals surface area contributed by atoms with Gasteiger partial charge in [0.1, 0.15) is 0 Å². The molecule has 0 aliphatic carbocycles. The standard InChI is InChI=1S/C14H17BrN2S/c1-3-16-9-13-10(2)17-14(18-13)8-11-5-4-6-12(15)7-11/h4-7,16H,3,8-9H2,1-2H3. The summed E-state index contributed by atoms with van der Waals surface area (Å²) in [7, 11) is 0. The van der Waals surface area contributed by atoms with Crippen LogP contribution in [0.1, 0.15) is 28.1 Å². The fraction of sp³-hybridized carbons (Fsp3) is 0.357. The number of benzene rings is 1. The van der Waals surface area contributed by atoms with Crippen molar-refractivity contribution in [2.24, 2.45) is 0 Å². The Morgan fingerprint density at radius 1 is 1.39 bits per heavy atom. The first-order valence-corrected chi connectivity index (χ1v) is 7.70. The molecule has 0 atom stereocenters. The third-order valence-corrected chi connectivity index (χ3v) is 4.37. The van der Waals surface area contributed by atoms with E-state index in [-0.39, 0.29) is 0 Å². The van der Waals surface area contributed by atoms with E-state index in [0.717, 1.165) is 29.7 Å². The zero-order valence-corrected chi connectivity index (χ0v) is 13.1. The van der Waals surface area contributed by atoms with Crippen molar-refractivity contribution in [3.63, 3.8) is 0 Å². The number of aryl methyl sites for hydroxylation is 1. The van der Waals surface area contributed by atoms with Gasteiger partial charge in [0.2, 0.25) is 0 Å². The summed E-state index contributed by atoms with van der Waals surface area (Å²) < 4.78 is 1.13. The molecule has 0 bridgehead atoms. The highest BCUT2D eigenvalue weighted by atomic mass is 79.9. The Morgan fingerprint density at radius 3 is 2.94 bits per heavy atom. The largest absolute Gasteiger partial charge is 0.312 e. The number of aromatic nitrogens is 1. The van der Waals surface area contributed by atoms with Crippen molar-refractivity contribution in [1.82, 2.24) is 10.3 Å². The van der Waals surface area contributed by atoms with E-state index in [2.05, 4.69) is 58.3 Å². The van der Waals surface area contributed by atoms with Gasteiger partial charge in [-0.3, -0.25) is 0 Å². The predicted octanol–water partition coefficient (Wildman–Crippen LogP) is 3.91. The summed E-state index contributed by atoms with van der Waals surface area (Å²) in [5.41, 5.74) is 2.46. The lowest BCUT2D eigenvalue weighted by atomic mass is 10.2. The van der Waals surface area contributed by atoms with Gasteiger partial charge in [0.25, 0.3) is 0 Å². The Morgan fingerprint density at radius 2 is 2.22 bits per heavy atom. The van der Waals surface area contributed by atoms with E-state index in [1.54, 1.807) is 0 Å². The Bertz CT molecular complexity index is 522. The van der Waals surface area contributed by atoms with Gasteiger partial charge in [0, 0.05) is 22.3 Å². The van der Waals surface area contributed by atoms with E-state index < -0.39 is 0 Å². The maximum absolute atomic E-state index is 4.65. The number of rotatable bonds is 5. The summed E-state index contributed by atoms with van der Waals surface area (Å²) in [5, 5.41) is 4.55. The van der Waals surface area contributed by atoms with Crippen molar-refractivity contribution in [2.45, 2.75) is 26.8 Å². The number of nitrogens with zero attached hydrogens (tertiary/aromatic N) is 1. The van der Waals surface area contributed by atoms with Crippen LogP contribution in [-0.2, 0) is 13.0 Å². The SMILES string of the molecule is CCNCc1sc(Cc2cccc(Br)c2)nc1C. The molecule has 1 N–H and O–H groups in total. The maximum Gasteiger partial charge on any atom is 0.0975 e. The van der Waals surface area contributed by atoms with Crippen LogP contribution in [0, 0.1) is 6.92 Å². The first-order chi connectivity index (χ1) is 8.69. The van der Waals surface area contributed by atoms with Gasteiger partial charge in [-0.25, -0.2) is 4.98 Å². The van der Waals surface area contributed by atoms with Gasteiger partial charge in [0.15, 0.2) is 0 Å². The van der Waals surface area contributed by atoms with Crippen molar-refractivity contribution in [2.75, 3.05) is 6.54 Å². The zero-order chi connectivity index (χ0) is 13.0. The molecule has 96 valence electrons. The average Bonchev–Trinajstić information content (AvgIpc) is 2.67. The Balaban J connectivity index is 2.10. The molecule has 4 heteroatoms. The Kier molecular flexibility index (Phi) is 4.92. The molecule has 2 rings (SSSR count). The fourth-order valence-electron chi connectivity index (χ4n) is 1.79. The second-order valence-electron chi connectivity index (χ2n) is 4.20. The molecule has 1 aromatic carbocycles. The first-order valence-electron chi connectivity index (χ1n) is 6.09. The van der Waals surface area contributed by atoms with E-state index in [9.17, 15) is 0 Å². The molecule has 0 spiro atoms. The van der Waals surface area contributed by atoms with Gasteiger partial charge >= 0.3 is 0 Å². The van der Waals surface area contributed by atoms with E-state index in [1.165, 1.54) is 15.4 Å². The fourth-order valence-corrected chi connectivity index (χ4v) is 3.31. The minimum Gasteiger partial charge on any atom is -0.312 e. The van der Waals surface area contributed by atoms with Gasteiger partial charge in [0.05, 0.1) is 10.7 Å². The lowest BCUT2D eigenvalue weighted by Crippen LogP contribution is -2.11. The number of hydrogen-bond acceptors (Lipinski definition) is 3. The molecule has 0 unspecified atom stereocenters. The van der Waals surface area contributed by atoms with Crippen molar-refractivity contribution >= 4 is 27.3 Å². The summed E-state index contributed by atoms with van der Waals surface area (Å²) in [6.45, 7) is 6.14. The number of thiazole rings is 1. The minimum absolute atomic E-state index is 0.914. The van der Waals surface area contributed by atoms with Crippen LogP contribution >= 0.6 is 27.3 Å². The molecular formula is C14H17BrN2S. The molecule has 0 amide bonds. The molecule has 0 aliphatic heterocycles. The molecule has 2 aromatic rings. The quantitative estimate of drug-likeness (QED) is 0.901. The molecular weight excluding hydrogens is 308 g/mol. The van der Waals surface area contributed by atoms with E-state index in [1.807, 2.05) is 17.4 Å². The van der Waals surface area contributed by atoms with Gasteiger partial charge in [-0.15, -0.1) is 11.3 Å². The zero-order valence-electron chi connectivity index (χ0n) is 10.7. The van der Waals surface area contributed by atoms with Crippen LogP contribution in [0.3, 0.4) is 0 Å². The number of halogens is 1. The molecule has 0 aliphatic rings. The van der Waals surface area contributed by atoms with Crippen LogP contribution in [-0.4, -0.2) is 11.5 Å². The highest BCUT2D eigenvalue weighted by Gasteiger charge is 2.07. The van der Waals surface area contributed by atoms with E-state index in [0.29, 0.717) is 0 Å². The second kappa shape index (κ2) is 6.45. The summed E-state index contributed by atoms with van der Waals surface area (Å²) >= 11 is 5.31. The maximum atomic E-state index is 4.65. The van der Waals surface area contributed by atoms with E-state index >= 15 is 0 Å². The second-order valence-corrected chi connectivity index (χ2v) is 6.29. The van der Waals surface area contributed by atoms with Crippen LogP contribution in [0.2, 0.25) is 0 Å². The van der Waals surface area contributed by atoms with Crippen molar-refractivity contribution in [3.8, 4) is 0 Å². The van der Waals surface area contributed by atoms with Gasteiger partial charge in [-0.2, -0.15) is 0 Å². The first kappa shape index (κ1) is 13.7. The Hall–Kier alpha value is -0.710.